The fourth-order valence-corrected chi connectivity index (χ4v) is 2.73. The highest BCUT2D eigenvalue weighted by molar-refractivity contribution is 14.1. The monoisotopic (exact) mass is 375 g/mol. The van der Waals surface area contributed by atoms with Crippen molar-refractivity contribution < 1.29 is 14.6 Å². The van der Waals surface area contributed by atoms with Gasteiger partial charge in [0.15, 0.2) is 0 Å². The van der Waals surface area contributed by atoms with Crippen LogP contribution >= 0.6 is 22.6 Å². The molecule has 0 bridgehead atoms. The normalized spacial score (nSPS) is 19.7. The molecule has 1 aliphatic heterocycles. The summed E-state index contributed by atoms with van der Waals surface area (Å²) in [5.74, 6) is -0.912. The number of carbonyl (C=O) groups is 1. The van der Waals surface area contributed by atoms with Crippen molar-refractivity contribution in [1.29, 1.82) is 0 Å². The van der Waals surface area contributed by atoms with Gasteiger partial charge < -0.3 is 9.84 Å². The SMILES string of the molecule is CC(c1ccc(I)cc1)N1CC(C)(OCC(=O)O)C1. The lowest BCUT2D eigenvalue weighted by Gasteiger charge is -2.50. The summed E-state index contributed by atoms with van der Waals surface area (Å²) in [6.45, 7) is 5.45. The van der Waals surface area contributed by atoms with Crippen molar-refractivity contribution in [3.63, 3.8) is 0 Å². The van der Waals surface area contributed by atoms with Gasteiger partial charge in [-0.1, -0.05) is 12.1 Å². The number of carboxylic acid groups (broad SMARTS) is 1. The van der Waals surface area contributed by atoms with E-state index in [0.29, 0.717) is 6.04 Å². The highest BCUT2D eigenvalue weighted by Crippen LogP contribution is 2.33. The molecule has 5 heteroatoms. The van der Waals surface area contributed by atoms with Crippen LogP contribution in [0.1, 0.15) is 25.5 Å². The Morgan fingerprint density at radius 1 is 1.47 bits per heavy atom. The maximum atomic E-state index is 10.5. The van der Waals surface area contributed by atoms with Gasteiger partial charge in [0.05, 0.1) is 5.60 Å². The molecule has 0 radical (unpaired) electrons. The summed E-state index contributed by atoms with van der Waals surface area (Å²) in [5.41, 5.74) is 0.955. The van der Waals surface area contributed by atoms with Crippen molar-refractivity contribution in [2.24, 2.45) is 0 Å². The van der Waals surface area contributed by atoms with Gasteiger partial charge in [-0.3, -0.25) is 4.90 Å². The molecule has 4 nitrogen and oxygen atoms in total. The first-order valence-electron chi connectivity index (χ1n) is 6.25. The number of carboxylic acids is 1. The number of ether oxygens (including phenoxy) is 1. The Kier molecular flexibility index (Phi) is 4.47. The van der Waals surface area contributed by atoms with E-state index in [0.717, 1.165) is 13.1 Å². The minimum absolute atomic E-state index is 0.220. The lowest BCUT2D eigenvalue weighted by Crippen LogP contribution is -2.62. The predicted octanol–water partition coefficient (Wildman–Crippen LogP) is 2.53. The molecule has 1 unspecified atom stereocenters. The van der Waals surface area contributed by atoms with Crippen LogP contribution in [-0.4, -0.2) is 41.3 Å². The molecule has 0 aromatic heterocycles. The first kappa shape index (κ1) is 14.7. The highest BCUT2D eigenvalue weighted by atomic mass is 127. The maximum absolute atomic E-state index is 10.5. The van der Waals surface area contributed by atoms with E-state index in [1.807, 2.05) is 6.92 Å². The quantitative estimate of drug-likeness (QED) is 0.804. The first-order chi connectivity index (χ1) is 8.89. The van der Waals surface area contributed by atoms with E-state index in [2.05, 4.69) is 58.7 Å². The zero-order valence-corrected chi connectivity index (χ0v) is 13.3. The van der Waals surface area contributed by atoms with Gasteiger partial charge in [-0.05, 0) is 54.1 Å². The van der Waals surface area contributed by atoms with Gasteiger partial charge in [0, 0.05) is 22.7 Å². The van der Waals surface area contributed by atoms with Gasteiger partial charge in [0.1, 0.15) is 6.61 Å². The first-order valence-corrected chi connectivity index (χ1v) is 7.33. The summed E-state index contributed by atoms with van der Waals surface area (Å²) in [4.78, 5) is 12.8. The third kappa shape index (κ3) is 3.67. The molecule has 2 rings (SSSR count). The summed E-state index contributed by atoms with van der Waals surface area (Å²) < 4.78 is 6.65. The van der Waals surface area contributed by atoms with Gasteiger partial charge in [-0.2, -0.15) is 0 Å². The predicted molar refractivity (Wildman–Crippen MR) is 81.1 cm³/mol. The Morgan fingerprint density at radius 2 is 2.05 bits per heavy atom. The van der Waals surface area contributed by atoms with Crippen LogP contribution in [0, 0.1) is 3.57 Å². The van der Waals surface area contributed by atoms with Crippen molar-refractivity contribution in [2.75, 3.05) is 19.7 Å². The van der Waals surface area contributed by atoms with Gasteiger partial charge in [0.25, 0.3) is 0 Å². The summed E-state index contributed by atoms with van der Waals surface area (Å²) in [5, 5.41) is 8.64. The Morgan fingerprint density at radius 3 is 2.58 bits per heavy atom. The van der Waals surface area contributed by atoms with Crippen molar-refractivity contribution in [1.82, 2.24) is 4.90 Å². The van der Waals surface area contributed by atoms with E-state index >= 15 is 0 Å². The fraction of sp³-hybridized carbons (Fsp3) is 0.500. The Labute approximate surface area is 126 Å². The average molecular weight is 375 g/mol. The molecule has 1 aromatic rings. The zero-order valence-electron chi connectivity index (χ0n) is 11.1. The molecule has 0 amide bonds. The van der Waals surface area contributed by atoms with Crippen LogP contribution in [0.5, 0.6) is 0 Å². The van der Waals surface area contributed by atoms with Crippen LogP contribution in [0.2, 0.25) is 0 Å². The van der Waals surface area contributed by atoms with Gasteiger partial charge in [0.2, 0.25) is 0 Å². The van der Waals surface area contributed by atoms with E-state index in [9.17, 15) is 4.79 Å². The Hall–Kier alpha value is -0.660. The van der Waals surface area contributed by atoms with Gasteiger partial charge in [-0.15, -0.1) is 0 Å². The van der Waals surface area contributed by atoms with Crippen LogP contribution < -0.4 is 0 Å². The molecule has 0 saturated carbocycles. The van der Waals surface area contributed by atoms with Gasteiger partial charge in [-0.25, -0.2) is 4.79 Å². The van der Waals surface area contributed by atoms with Crippen molar-refractivity contribution in [3.05, 3.63) is 33.4 Å². The number of hydrogen-bond acceptors (Lipinski definition) is 3. The molecule has 1 fully saturated rings. The summed E-state index contributed by atoms with van der Waals surface area (Å²) in [6, 6.07) is 8.82. The van der Waals surface area contributed by atoms with Crippen LogP contribution in [0.25, 0.3) is 0 Å². The van der Waals surface area contributed by atoms with Crippen LogP contribution in [0.15, 0.2) is 24.3 Å². The summed E-state index contributed by atoms with van der Waals surface area (Å²) in [6.07, 6.45) is 0. The van der Waals surface area contributed by atoms with Crippen LogP contribution in [-0.2, 0) is 9.53 Å². The Balaban J connectivity index is 1.89. The number of hydrogen-bond donors (Lipinski definition) is 1. The van der Waals surface area contributed by atoms with E-state index in [-0.39, 0.29) is 12.2 Å². The second kappa shape index (κ2) is 5.76. The van der Waals surface area contributed by atoms with E-state index in [4.69, 9.17) is 9.84 Å². The van der Waals surface area contributed by atoms with Crippen LogP contribution in [0.3, 0.4) is 0 Å². The molecule has 0 spiro atoms. The minimum atomic E-state index is -0.912. The van der Waals surface area contributed by atoms with Crippen molar-refractivity contribution in [3.8, 4) is 0 Å². The average Bonchev–Trinajstić information content (AvgIpc) is 2.33. The molecule has 1 aliphatic rings. The topological polar surface area (TPSA) is 49.8 Å². The third-order valence-electron chi connectivity index (χ3n) is 3.52. The fourth-order valence-electron chi connectivity index (χ4n) is 2.37. The highest BCUT2D eigenvalue weighted by Gasteiger charge is 2.42. The second-order valence-corrected chi connectivity index (χ2v) is 6.51. The molecule has 1 N–H and O–H groups in total. The molecule has 1 heterocycles. The Bertz CT molecular complexity index is 454. The molecular formula is C14H18INO3. The van der Waals surface area contributed by atoms with E-state index in [1.165, 1.54) is 9.13 Å². The molecule has 1 atom stereocenters. The number of aliphatic carboxylic acids is 1. The zero-order chi connectivity index (χ0) is 14.0. The molecule has 0 aliphatic carbocycles. The number of rotatable bonds is 5. The van der Waals surface area contributed by atoms with Crippen molar-refractivity contribution >= 4 is 28.6 Å². The van der Waals surface area contributed by atoms with E-state index < -0.39 is 5.97 Å². The number of benzene rings is 1. The summed E-state index contributed by atoms with van der Waals surface area (Å²) in [7, 11) is 0. The van der Waals surface area contributed by atoms with Gasteiger partial charge >= 0.3 is 5.97 Å². The smallest absolute Gasteiger partial charge is 0.329 e. The number of nitrogens with zero attached hydrogens (tertiary/aromatic N) is 1. The molecule has 1 saturated heterocycles. The molecule has 1 aromatic carbocycles. The molecule has 19 heavy (non-hydrogen) atoms. The second-order valence-electron chi connectivity index (χ2n) is 5.26. The third-order valence-corrected chi connectivity index (χ3v) is 4.24. The number of likely N-dealkylation sites (tertiary alicyclic amines) is 1. The van der Waals surface area contributed by atoms with Crippen LogP contribution in [0.4, 0.5) is 0 Å². The maximum Gasteiger partial charge on any atom is 0.329 e. The number of halogens is 1. The standard InChI is InChI=1S/C14H18INO3/c1-10(11-3-5-12(15)6-4-11)16-8-14(2,9-16)19-7-13(17)18/h3-6,10H,7-9H2,1-2H3,(H,17,18). The lowest BCUT2D eigenvalue weighted by molar-refractivity contribution is -0.169. The van der Waals surface area contributed by atoms with Crippen molar-refractivity contribution in [2.45, 2.75) is 25.5 Å². The molecule has 104 valence electrons. The summed E-state index contributed by atoms with van der Waals surface area (Å²) >= 11 is 2.29. The minimum Gasteiger partial charge on any atom is -0.480 e. The van der Waals surface area contributed by atoms with E-state index in [1.54, 1.807) is 0 Å². The molecular weight excluding hydrogens is 357 g/mol. The largest absolute Gasteiger partial charge is 0.480 e. The lowest BCUT2D eigenvalue weighted by atomic mass is 9.92.